The SMILES string of the molecule is CCNCCc1ccc(S(=O)(=O)N2CC(C)OC(C)C2)s1. The highest BCUT2D eigenvalue weighted by molar-refractivity contribution is 7.91. The van der Waals surface area contributed by atoms with Crippen LogP contribution in [0.1, 0.15) is 25.6 Å². The first-order valence-corrected chi connectivity index (χ1v) is 9.64. The Labute approximate surface area is 131 Å². The fourth-order valence-electron chi connectivity index (χ4n) is 2.47. The second-order valence-corrected chi connectivity index (χ2v) is 8.74. The van der Waals surface area contributed by atoms with Gasteiger partial charge in [0, 0.05) is 18.0 Å². The van der Waals surface area contributed by atoms with Crippen molar-refractivity contribution >= 4 is 21.4 Å². The molecule has 0 saturated carbocycles. The third kappa shape index (κ3) is 4.26. The van der Waals surface area contributed by atoms with E-state index in [2.05, 4.69) is 12.2 Å². The molecule has 1 aliphatic heterocycles. The molecule has 120 valence electrons. The van der Waals surface area contributed by atoms with Gasteiger partial charge in [0.15, 0.2) is 0 Å². The highest BCUT2D eigenvalue weighted by Crippen LogP contribution is 2.27. The molecule has 21 heavy (non-hydrogen) atoms. The molecule has 1 aromatic rings. The molecular formula is C14H24N2O3S2. The maximum atomic E-state index is 12.7. The van der Waals surface area contributed by atoms with Crippen molar-refractivity contribution in [3.63, 3.8) is 0 Å². The van der Waals surface area contributed by atoms with Crippen LogP contribution in [0.15, 0.2) is 16.3 Å². The summed E-state index contributed by atoms with van der Waals surface area (Å²) in [7, 11) is -3.39. The zero-order valence-corrected chi connectivity index (χ0v) is 14.5. The molecule has 0 radical (unpaired) electrons. The van der Waals surface area contributed by atoms with E-state index in [0.717, 1.165) is 24.4 Å². The van der Waals surface area contributed by atoms with Gasteiger partial charge in [-0.2, -0.15) is 4.31 Å². The van der Waals surface area contributed by atoms with Crippen molar-refractivity contribution in [3.05, 3.63) is 17.0 Å². The predicted octanol–water partition coefficient (Wildman–Crippen LogP) is 1.70. The van der Waals surface area contributed by atoms with Crippen LogP contribution in [0.3, 0.4) is 0 Å². The Bertz CT molecular complexity index is 546. The Morgan fingerprint density at radius 1 is 1.33 bits per heavy atom. The molecule has 2 heterocycles. The van der Waals surface area contributed by atoms with Crippen LogP contribution in [0, 0.1) is 0 Å². The fourth-order valence-corrected chi connectivity index (χ4v) is 5.57. The molecule has 7 heteroatoms. The lowest BCUT2D eigenvalue weighted by Crippen LogP contribution is -2.47. The monoisotopic (exact) mass is 332 g/mol. The first-order chi connectivity index (χ1) is 9.93. The average Bonchev–Trinajstić information content (AvgIpc) is 2.87. The Hall–Kier alpha value is -0.470. The van der Waals surface area contributed by atoms with Gasteiger partial charge >= 0.3 is 0 Å². The number of rotatable bonds is 6. The van der Waals surface area contributed by atoms with Crippen LogP contribution >= 0.6 is 11.3 Å². The van der Waals surface area contributed by atoms with E-state index in [-0.39, 0.29) is 12.2 Å². The molecule has 1 saturated heterocycles. The minimum Gasteiger partial charge on any atom is -0.373 e. The Morgan fingerprint density at radius 2 is 2.00 bits per heavy atom. The van der Waals surface area contributed by atoms with Crippen molar-refractivity contribution in [1.82, 2.24) is 9.62 Å². The van der Waals surface area contributed by atoms with Crippen LogP contribution in [0.25, 0.3) is 0 Å². The van der Waals surface area contributed by atoms with Gasteiger partial charge in [-0.25, -0.2) is 8.42 Å². The predicted molar refractivity (Wildman–Crippen MR) is 85.3 cm³/mol. The Balaban J connectivity index is 2.08. The van der Waals surface area contributed by atoms with E-state index >= 15 is 0 Å². The number of hydrogen-bond donors (Lipinski definition) is 1. The van der Waals surface area contributed by atoms with Crippen LogP contribution in [0.2, 0.25) is 0 Å². The second kappa shape index (κ2) is 7.19. The summed E-state index contributed by atoms with van der Waals surface area (Å²) in [6, 6.07) is 3.65. The minimum absolute atomic E-state index is 0.0586. The standard InChI is InChI=1S/C14H24N2O3S2/c1-4-15-8-7-13-5-6-14(20-13)21(17,18)16-9-11(2)19-12(3)10-16/h5-6,11-12,15H,4,7-10H2,1-3H3. The lowest BCUT2D eigenvalue weighted by molar-refractivity contribution is -0.0440. The number of thiophene rings is 1. The number of nitrogens with one attached hydrogen (secondary N) is 1. The van der Waals surface area contributed by atoms with E-state index in [1.807, 2.05) is 19.9 Å². The zero-order chi connectivity index (χ0) is 15.5. The average molecular weight is 332 g/mol. The molecule has 5 nitrogen and oxygen atoms in total. The van der Waals surface area contributed by atoms with E-state index in [4.69, 9.17) is 4.74 Å². The van der Waals surface area contributed by atoms with Crippen LogP contribution in [-0.4, -0.2) is 51.1 Å². The van der Waals surface area contributed by atoms with Crippen molar-refractivity contribution in [2.75, 3.05) is 26.2 Å². The van der Waals surface area contributed by atoms with E-state index in [1.54, 1.807) is 10.4 Å². The largest absolute Gasteiger partial charge is 0.373 e. The van der Waals surface area contributed by atoms with Crippen molar-refractivity contribution in [1.29, 1.82) is 0 Å². The summed E-state index contributed by atoms with van der Waals surface area (Å²) >= 11 is 1.38. The van der Waals surface area contributed by atoms with Gasteiger partial charge in [0.2, 0.25) is 0 Å². The van der Waals surface area contributed by atoms with Crippen LogP contribution in [0.5, 0.6) is 0 Å². The molecule has 0 aliphatic carbocycles. The van der Waals surface area contributed by atoms with Gasteiger partial charge in [0.05, 0.1) is 12.2 Å². The van der Waals surface area contributed by atoms with Crippen molar-refractivity contribution in [3.8, 4) is 0 Å². The molecule has 2 unspecified atom stereocenters. The molecule has 0 bridgehead atoms. The van der Waals surface area contributed by atoms with Gasteiger partial charge in [0.25, 0.3) is 10.0 Å². The van der Waals surface area contributed by atoms with E-state index in [1.165, 1.54) is 11.3 Å². The fraction of sp³-hybridized carbons (Fsp3) is 0.714. The number of likely N-dealkylation sites (N-methyl/N-ethyl adjacent to an activating group) is 1. The van der Waals surface area contributed by atoms with Crippen LogP contribution in [0.4, 0.5) is 0 Å². The first kappa shape index (κ1) is 16.9. The second-order valence-electron chi connectivity index (χ2n) is 5.40. The van der Waals surface area contributed by atoms with Gasteiger partial charge in [-0.1, -0.05) is 6.92 Å². The lowest BCUT2D eigenvalue weighted by atomic mass is 10.3. The maximum Gasteiger partial charge on any atom is 0.252 e. The minimum atomic E-state index is -3.39. The summed E-state index contributed by atoms with van der Waals surface area (Å²) in [6.07, 6.45) is 0.748. The van der Waals surface area contributed by atoms with Crippen molar-refractivity contribution in [2.24, 2.45) is 0 Å². The summed E-state index contributed by atoms with van der Waals surface area (Å²) in [5, 5.41) is 3.25. The van der Waals surface area contributed by atoms with Gasteiger partial charge in [-0.05, 0) is 45.5 Å². The Kier molecular flexibility index (Phi) is 5.79. The van der Waals surface area contributed by atoms with Gasteiger partial charge < -0.3 is 10.1 Å². The molecule has 1 N–H and O–H groups in total. The highest BCUT2D eigenvalue weighted by atomic mass is 32.2. The normalized spacial score (nSPS) is 24.3. The third-order valence-corrected chi connectivity index (χ3v) is 6.86. The summed E-state index contributed by atoms with van der Waals surface area (Å²) < 4.78 is 33.0. The van der Waals surface area contributed by atoms with E-state index in [9.17, 15) is 8.42 Å². The molecule has 2 rings (SSSR count). The summed E-state index contributed by atoms with van der Waals surface area (Å²) in [6.45, 7) is 8.55. The molecule has 0 amide bonds. The van der Waals surface area contributed by atoms with Crippen LogP contribution in [-0.2, 0) is 21.2 Å². The van der Waals surface area contributed by atoms with Gasteiger partial charge in [-0.15, -0.1) is 11.3 Å². The lowest BCUT2D eigenvalue weighted by Gasteiger charge is -2.34. The summed E-state index contributed by atoms with van der Waals surface area (Å²) in [4.78, 5) is 1.10. The number of sulfonamides is 1. The van der Waals surface area contributed by atoms with E-state index in [0.29, 0.717) is 17.3 Å². The number of hydrogen-bond acceptors (Lipinski definition) is 5. The third-order valence-electron chi connectivity index (χ3n) is 3.42. The molecule has 1 aliphatic rings. The molecule has 0 aromatic carbocycles. The molecule has 1 aromatic heterocycles. The molecule has 1 fully saturated rings. The quantitative estimate of drug-likeness (QED) is 0.806. The smallest absolute Gasteiger partial charge is 0.252 e. The van der Waals surface area contributed by atoms with Gasteiger partial charge in [-0.3, -0.25) is 0 Å². The first-order valence-electron chi connectivity index (χ1n) is 7.38. The van der Waals surface area contributed by atoms with Gasteiger partial charge in [0.1, 0.15) is 4.21 Å². The van der Waals surface area contributed by atoms with E-state index < -0.39 is 10.0 Å². The van der Waals surface area contributed by atoms with Crippen molar-refractivity contribution in [2.45, 2.75) is 43.6 Å². The molecular weight excluding hydrogens is 308 g/mol. The highest BCUT2D eigenvalue weighted by Gasteiger charge is 2.33. The summed E-state index contributed by atoms with van der Waals surface area (Å²) in [5.74, 6) is 0. The van der Waals surface area contributed by atoms with Crippen molar-refractivity contribution < 1.29 is 13.2 Å². The zero-order valence-electron chi connectivity index (χ0n) is 12.8. The number of nitrogens with zero attached hydrogens (tertiary/aromatic N) is 1. The molecule has 0 spiro atoms. The maximum absolute atomic E-state index is 12.7. The number of ether oxygens (including phenoxy) is 1. The molecule has 2 atom stereocenters. The topological polar surface area (TPSA) is 58.6 Å². The summed E-state index contributed by atoms with van der Waals surface area (Å²) in [5.41, 5.74) is 0. The van der Waals surface area contributed by atoms with Crippen LogP contribution < -0.4 is 5.32 Å². The number of morpholine rings is 1. The Morgan fingerprint density at radius 3 is 2.62 bits per heavy atom.